The molecule has 0 aliphatic carbocycles. The molecule has 5 nitrogen and oxygen atoms in total. The van der Waals surface area contributed by atoms with E-state index in [4.69, 9.17) is 0 Å². The number of rotatable bonds is 2. The standard InChI is InChI=1S/C11H7Br2N3O2/c12-7-5-8(13)10(14-6-7)11(18)15-16-4-2-1-3-9(16)17/h1-6H,(H,15,18). The first-order valence-electron chi connectivity index (χ1n) is 4.88. The van der Waals surface area contributed by atoms with Gasteiger partial charge >= 0.3 is 0 Å². The Kier molecular flexibility index (Phi) is 3.93. The molecular formula is C11H7Br2N3O2. The number of nitrogens with one attached hydrogen (secondary N) is 1. The molecule has 0 aromatic carbocycles. The van der Waals surface area contributed by atoms with Gasteiger partial charge in [0.15, 0.2) is 0 Å². The second-order valence-corrected chi connectivity index (χ2v) is 5.10. The minimum absolute atomic E-state index is 0.203. The van der Waals surface area contributed by atoms with E-state index in [0.717, 1.165) is 9.15 Å². The number of nitrogens with zero attached hydrogens (tertiary/aromatic N) is 2. The van der Waals surface area contributed by atoms with Crippen LogP contribution in [0.1, 0.15) is 10.5 Å². The van der Waals surface area contributed by atoms with Crippen molar-refractivity contribution in [3.05, 3.63) is 61.7 Å². The van der Waals surface area contributed by atoms with Gasteiger partial charge in [-0.25, -0.2) is 9.66 Å². The van der Waals surface area contributed by atoms with Gasteiger partial charge in [-0.05, 0) is 44.0 Å². The summed E-state index contributed by atoms with van der Waals surface area (Å²) in [6.45, 7) is 0. The van der Waals surface area contributed by atoms with Crippen LogP contribution < -0.4 is 11.0 Å². The molecule has 2 rings (SSSR count). The van der Waals surface area contributed by atoms with E-state index in [1.54, 1.807) is 18.2 Å². The van der Waals surface area contributed by atoms with Crippen LogP contribution in [0.4, 0.5) is 0 Å². The summed E-state index contributed by atoms with van der Waals surface area (Å²) in [6, 6.07) is 6.30. The highest BCUT2D eigenvalue weighted by Crippen LogP contribution is 2.19. The SMILES string of the molecule is O=C(Nn1ccccc1=O)c1ncc(Br)cc1Br. The fraction of sp³-hybridized carbons (Fsp3) is 0. The smallest absolute Gasteiger partial charge is 0.268 e. The van der Waals surface area contributed by atoms with Crippen molar-refractivity contribution in [2.45, 2.75) is 0 Å². The third kappa shape index (κ3) is 2.85. The van der Waals surface area contributed by atoms with Gasteiger partial charge in [-0.2, -0.15) is 0 Å². The van der Waals surface area contributed by atoms with Crippen LogP contribution in [0.5, 0.6) is 0 Å². The van der Waals surface area contributed by atoms with E-state index >= 15 is 0 Å². The first-order chi connectivity index (χ1) is 8.58. The highest BCUT2D eigenvalue weighted by molar-refractivity contribution is 9.11. The van der Waals surface area contributed by atoms with Gasteiger partial charge in [0.25, 0.3) is 11.5 Å². The number of pyridine rings is 2. The fourth-order valence-electron chi connectivity index (χ4n) is 1.26. The Labute approximate surface area is 119 Å². The monoisotopic (exact) mass is 371 g/mol. The average Bonchev–Trinajstić information content (AvgIpc) is 2.32. The molecule has 0 fully saturated rings. The van der Waals surface area contributed by atoms with Gasteiger partial charge < -0.3 is 0 Å². The van der Waals surface area contributed by atoms with E-state index in [2.05, 4.69) is 42.3 Å². The summed E-state index contributed by atoms with van der Waals surface area (Å²) in [6.07, 6.45) is 2.97. The summed E-state index contributed by atoms with van der Waals surface area (Å²) in [4.78, 5) is 27.3. The van der Waals surface area contributed by atoms with Crippen LogP contribution in [0.15, 0.2) is 50.4 Å². The Hall–Kier alpha value is -1.47. The van der Waals surface area contributed by atoms with Crippen LogP contribution >= 0.6 is 31.9 Å². The number of hydrogen-bond donors (Lipinski definition) is 1. The molecule has 0 bridgehead atoms. The van der Waals surface area contributed by atoms with Crippen molar-refractivity contribution >= 4 is 37.8 Å². The Balaban J connectivity index is 2.28. The molecule has 1 amide bonds. The van der Waals surface area contributed by atoms with Gasteiger partial charge in [-0.3, -0.25) is 15.0 Å². The lowest BCUT2D eigenvalue weighted by Crippen LogP contribution is -2.32. The van der Waals surface area contributed by atoms with Crippen molar-refractivity contribution in [3.63, 3.8) is 0 Å². The molecule has 0 aliphatic rings. The summed E-state index contributed by atoms with van der Waals surface area (Å²) in [5, 5.41) is 0. The van der Waals surface area contributed by atoms with Gasteiger partial charge in [-0.1, -0.05) is 6.07 Å². The highest BCUT2D eigenvalue weighted by atomic mass is 79.9. The zero-order valence-electron chi connectivity index (χ0n) is 8.93. The molecule has 1 N–H and O–H groups in total. The van der Waals surface area contributed by atoms with Gasteiger partial charge in [0.1, 0.15) is 5.69 Å². The van der Waals surface area contributed by atoms with Crippen LogP contribution in [-0.4, -0.2) is 15.6 Å². The molecule has 0 unspecified atom stereocenters. The van der Waals surface area contributed by atoms with E-state index in [1.807, 2.05) is 0 Å². The minimum atomic E-state index is -0.470. The zero-order chi connectivity index (χ0) is 13.1. The largest absolute Gasteiger partial charge is 0.289 e. The van der Waals surface area contributed by atoms with Crippen molar-refractivity contribution in [2.75, 3.05) is 5.43 Å². The summed E-state index contributed by atoms with van der Waals surface area (Å²) >= 11 is 6.48. The molecular weight excluding hydrogens is 366 g/mol. The minimum Gasteiger partial charge on any atom is -0.268 e. The first kappa shape index (κ1) is 13.0. The van der Waals surface area contributed by atoms with Crippen LogP contribution in [-0.2, 0) is 0 Å². The average molecular weight is 373 g/mol. The summed E-state index contributed by atoms with van der Waals surface area (Å²) < 4.78 is 2.39. The van der Waals surface area contributed by atoms with Gasteiger partial charge in [-0.15, -0.1) is 0 Å². The fourth-order valence-corrected chi connectivity index (χ4v) is 2.43. The van der Waals surface area contributed by atoms with Crippen molar-refractivity contribution in [3.8, 4) is 0 Å². The lowest BCUT2D eigenvalue weighted by molar-refractivity contribution is 0.100. The number of aromatic nitrogens is 2. The van der Waals surface area contributed by atoms with E-state index in [9.17, 15) is 9.59 Å². The quantitative estimate of drug-likeness (QED) is 0.878. The summed E-state index contributed by atoms with van der Waals surface area (Å²) in [5.41, 5.74) is 2.33. The van der Waals surface area contributed by atoms with E-state index in [1.165, 1.54) is 18.5 Å². The molecule has 2 aromatic heterocycles. The van der Waals surface area contributed by atoms with Crippen molar-refractivity contribution < 1.29 is 4.79 Å². The second kappa shape index (κ2) is 5.45. The second-order valence-electron chi connectivity index (χ2n) is 3.33. The first-order valence-corrected chi connectivity index (χ1v) is 6.46. The Morgan fingerprint density at radius 3 is 2.78 bits per heavy atom. The number of carbonyl (C=O) groups is 1. The lowest BCUT2D eigenvalue weighted by Gasteiger charge is -2.08. The molecule has 2 aromatic rings. The van der Waals surface area contributed by atoms with Crippen LogP contribution in [0, 0.1) is 0 Å². The number of amides is 1. The van der Waals surface area contributed by atoms with Crippen LogP contribution in [0.3, 0.4) is 0 Å². The molecule has 92 valence electrons. The van der Waals surface area contributed by atoms with Gasteiger partial charge in [0.05, 0.1) is 4.47 Å². The Morgan fingerprint density at radius 1 is 1.33 bits per heavy atom. The maximum absolute atomic E-state index is 11.9. The van der Waals surface area contributed by atoms with Crippen molar-refractivity contribution in [2.24, 2.45) is 0 Å². The van der Waals surface area contributed by atoms with E-state index < -0.39 is 5.91 Å². The van der Waals surface area contributed by atoms with Crippen molar-refractivity contribution in [1.82, 2.24) is 9.66 Å². The van der Waals surface area contributed by atoms with E-state index in [0.29, 0.717) is 4.47 Å². The lowest BCUT2D eigenvalue weighted by atomic mass is 10.3. The Morgan fingerprint density at radius 2 is 2.11 bits per heavy atom. The number of hydrogen-bond acceptors (Lipinski definition) is 3. The van der Waals surface area contributed by atoms with E-state index in [-0.39, 0.29) is 11.3 Å². The Bertz CT molecular complexity index is 655. The van der Waals surface area contributed by atoms with Crippen LogP contribution in [0.25, 0.3) is 0 Å². The number of carbonyl (C=O) groups excluding carboxylic acids is 1. The molecule has 7 heteroatoms. The topological polar surface area (TPSA) is 64.0 Å². The maximum atomic E-state index is 11.9. The maximum Gasteiger partial charge on any atom is 0.289 e. The molecule has 0 aliphatic heterocycles. The number of halogens is 2. The van der Waals surface area contributed by atoms with Gasteiger partial charge in [0.2, 0.25) is 0 Å². The summed E-state index contributed by atoms with van der Waals surface area (Å²) in [7, 11) is 0. The molecule has 0 radical (unpaired) electrons. The predicted molar refractivity (Wildman–Crippen MR) is 74.0 cm³/mol. The summed E-state index contributed by atoms with van der Waals surface area (Å²) in [5.74, 6) is -0.470. The van der Waals surface area contributed by atoms with Crippen LogP contribution in [0.2, 0.25) is 0 Å². The normalized spacial score (nSPS) is 10.1. The van der Waals surface area contributed by atoms with Crippen molar-refractivity contribution in [1.29, 1.82) is 0 Å². The molecule has 18 heavy (non-hydrogen) atoms. The third-order valence-electron chi connectivity index (χ3n) is 2.07. The molecule has 2 heterocycles. The highest BCUT2D eigenvalue weighted by Gasteiger charge is 2.12. The molecule has 0 spiro atoms. The molecule has 0 atom stereocenters. The predicted octanol–water partition coefficient (Wildman–Crippen LogP) is 2.15. The zero-order valence-corrected chi connectivity index (χ0v) is 12.1. The molecule has 0 saturated heterocycles. The molecule has 0 saturated carbocycles. The van der Waals surface area contributed by atoms with Gasteiger partial charge in [0, 0.05) is 22.9 Å². The third-order valence-corrected chi connectivity index (χ3v) is 3.11.